The topological polar surface area (TPSA) is 79.0 Å². The second kappa shape index (κ2) is 9.32. The number of carbonyl (C=O) groups excluding carboxylic acids is 3. The molecule has 8 heteroatoms. The number of hydrogen-bond donors (Lipinski definition) is 1. The number of thiophene rings is 1. The summed E-state index contributed by atoms with van der Waals surface area (Å²) < 4.78 is 5.22. The van der Waals surface area contributed by atoms with E-state index >= 15 is 0 Å². The van der Waals surface area contributed by atoms with Crippen LogP contribution >= 0.6 is 11.3 Å². The Hall–Kier alpha value is -1.93. The normalized spacial score (nSPS) is 16.0. The van der Waals surface area contributed by atoms with Crippen LogP contribution in [-0.2, 0) is 27.2 Å². The zero-order chi connectivity index (χ0) is 20.1. The highest BCUT2D eigenvalue weighted by molar-refractivity contribution is 7.17. The maximum Gasteiger partial charge on any atom is 0.341 e. The summed E-state index contributed by atoms with van der Waals surface area (Å²) in [5, 5.41) is 3.43. The lowest BCUT2D eigenvalue weighted by atomic mass is 9.88. The predicted octanol–water partition coefficient (Wildman–Crippen LogP) is 2.01. The van der Waals surface area contributed by atoms with Gasteiger partial charge in [-0.3, -0.25) is 14.5 Å². The van der Waals surface area contributed by atoms with Crippen LogP contribution in [0, 0.1) is 5.92 Å². The van der Waals surface area contributed by atoms with Crippen LogP contribution in [0.3, 0.4) is 0 Å². The summed E-state index contributed by atoms with van der Waals surface area (Å²) in [6, 6.07) is 0. The molecule has 0 bridgehead atoms. The van der Waals surface area contributed by atoms with E-state index in [-0.39, 0.29) is 30.9 Å². The summed E-state index contributed by atoms with van der Waals surface area (Å²) >= 11 is 1.47. The summed E-state index contributed by atoms with van der Waals surface area (Å²) in [5.41, 5.74) is 1.52. The van der Waals surface area contributed by atoms with Crippen LogP contribution in [0.15, 0.2) is 0 Å². The molecular formula is C19H29N3O4S. The summed E-state index contributed by atoms with van der Waals surface area (Å²) in [5.74, 6) is -0.131. The van der Waals surface area contributed by atoms with Gasteiger partial charge in [-0.2, -0.15) is 0 Å². The molecule has 7 nitrogen and oxygen atoms in total. The third-order valence-corrected chi connectivity index (χ3v) is 5.73. The van der Waals surface area contributed by atoms with Gasteiger partial charge in [0.25, 0.3) is 0 Å². The Morgan fingerprint density at radius 2 is 1.93 bits per heavy atom. The Kier molecular flexibility index (Phi) is 7.38. The largest absolute Gasteiger partial charge is 0.462 e. The number of amides is 2. The molecule has 27 heavy (non-hydrogen) atoms. The molecule has 1 aliphatic rings. The third-order valence-electron chi connectivity index (χ3n) is 4.56. The lowest BCUT2D eigenvalue weighted by Crippen LogP contribution is -2.38. The Morgan fingerprint density at radius 1 is 1.22 bits per heavy atom. The van der Waals surface area contributed by atoms with Crippen molar-refractivity contribution in [2.45, 2.75) is 33.1 Å². The minimum absolute atomic E-state index is 0.0703. The Morgan fingerprint density at radius 3 is 2.56 bits per heavy atom. The molecule has 2 amide bonds. The summed E-state index contributed by atoms with van der Waals surface area (Å²) in [4.78, 5) is 41.0. The fourth-order valence-corrected chi connectivity index (χ4v) is 4.51. The van der Waals surface area contributed by atoms with Gasteiger partial charge in [-0.1, -0.05) is 6.92 Å². The lowest BCUT2D eigenvalue weighted by molar-refractivity contribution is -0.130. The van der Waals surface area contributed by atoms with Crippen LogP contribution in [0.4, 0.5) is 5.00 Å². The number of likely N-dealkylation sites (N-methyl/N-ethyl adjacent to an activating group) is 2. The Labute approximate surface area is 164 Å². The van der Waals surface area contributed by atoms with Gasteiger partial charge in [-0.05, 0) is 44.7 Å². The summed E-state index contributed by atoms with van der Waals surface area (Å²) in [7, 11) is 5.08. The number of fused-ring (bicyclic) bond motifs is 1. The van der Waals surface area contributed by atoms with Gasteiger partial charge in [0, 0.05) is 19.0 Å². The van der Waals surface area contributed by atoms with Crippen LogP contribution in [-0.4, -0.2) is 68.4 Å². The zero-order valence-electron chi connectivity index (χ0n) is 16.8. The van der Waals surface area contributed by atoms with Gasteiger partial charge in [0.15, 0.2) is 0 Å². The van der Waals surface area contributed by atoms with Crippen LogP contribution in [0.1, 0.15) is 41.1 Å². The van der Waals surface area contributed by atoms with Gasteiger partial charge >= 0.3 is 5.97 Å². The second-order valence-corrected chi connectivity index (χ2v) is 8.39. The van der Waals surface area contributed by atoms with Crippen LogP contribution < -0.4 is 5.32 Å². The average molecular weight is 396 g/mol. The number of nitrogens with zero attached hydrogens (tertiary/aromatic N) is 2. The number of anilines is 1. The highest BCUT2D eigenvalue weighted by Gasteiger charge is 2.29. The van der Waals surface area contributed by atoms with Crippen molar-refractivity contribution in [3.8, 4) is 0 Å². The third kappa shape index (κ3) is 5.52. The highest BCUT2D eigenvalue weighted by atomic mass is 32.1. The zero-order valence-corrected chi connectivity index (χ0v) is 17.6. The highest BCUT2D eigenvalue weighted by Crippen LogP contribution is 2.40. The van der Waals surface area contributed by atoms with E-state index in [0.29, 0.717) is 23.1 Å². The molecule has 0 radical (unpaired) electrons. The maximum atomic E-state index is 12.5. The van der Waals surface area contributed by atoms with E-state index in [1.165, 1.54) is 16.2 Å². The van der Waals surface area contributed by atoms with Crippen molar-refractivity contribution in [3.05, 3.63) is 16.0 Å². The standard InChI is InChI=1S/C19H29N3O4S/c1-6-26-19(25)17-13-8-7-12(2)9-14(13)27-18(17)20-15(23)10-22(5)11-16(24)21(3)4/h12H,6-11H2,1-5H3,(H,20,23). The number of hydrogen-bond acceptors (Lipinski definition) is 6. The van der Waals surface area contributed by atoms with Crippen molar-refractivity contribution in [1.29, 1.82) is 0 Å². The first kappa shape index (κ1) is 21.4. The number of esters is 1. The molecule has 0 aromatic carbocycles. The predicted molar refractivity (Wildman–Crippen MR) is 106 cm³/mol. The first-order valence-corrected chi connectivity index (χ1v) is 10.0. The van der Waals surface area contributed by atoms with Gasteiger partial charge in [-0.15, -0.1) is 11.3 Å². The van der Waals surface area contributed by atoms with Gasteiger partial charge < -0.3 is 15.0 Å². The molecule has 0 spiro atoms. The van der Waals surface area contributed by atoms with E-state index in [1.807, 2.05) is 0 Å². The number of ether oxygens (including phenoxy) is 1. The fraction of sp³-hybridized carbons (Fsp3) is 0.632. The average Bonchev–Trinajstić information content (AvgIpc) is 2.91. The second-order valence-electron chi connectivity index (χ2n) is 7.28. The summed E-state index contributed by atoms with van der Waals surface area (Å²) in [6.07, 6.45) is 2.77. The van der Waals surface area contributed by atoms with Gasteiger partial charge in [0.2, 0.25) is 11.8 Å². The molecule has 1 N–H and O–H groups in total. The van der Waals surface area contributed by atoms with E-state index in [2.05, 4.69) is 12.2 Å². The van der Waals surface area contributed by atoms with Crippen LogP contribution in [0.5, 0.6) is 0 Å². The smallest absolute Gasteiger partial charge is 0.341 e. The molecule has 2 rings (SSSR count). The van der Waals surface area contributed by atoms with Crippen molar-refractivity contribution < 1.29 is 19.1 Å². The molecule has 1 aliphatic carbocycles. The van der Waals surface area contributed by atoms with Crippen LogP contribution in [0.25, 0.3) is 0 Å². The molecule has 1 heterocycles. The van der Waals surface area contributed by atoms with E-state index in [1.54, 1.807) is 33.0 Å². The fourth-order valence-electron chi connectivity index (χ4n) is 3.10. The minimum atomic E-state index is -0.379. The maximum absolute atomic E-state index is 12.5. The van der Waals surface area contributed by atoms with E-state index in [4.69, 9.17) is 4.74 Å². The molecule has 0 saturated heterocycles. The first-order valence-electron chi connectivity index (χ1n) is 9.23. The van der Waals surface area contributed by atoms with Crippen LogP contribution in [0.2, 0.25) is 0 Å². The monoisotopic (exact) mass is 395 g/mol. The molecule has 1 aromatic heterocycles. The Bertz CT molecular complexity index is 714. The molecule has 0 fully saturated rings. The molecule has 0 saturated carbocycles. The SMILES string of the molecule is CCOC(=O)c1c(NC(=O)CN(C)CC(=O)N(C)C)sc2c1CCC(C)C2. The molecule has 150 valence electrons. The van der Waals surface area contributed by atoms with Crippen molar-refractivity contribution >= 4 is 34.1 Å². The molecular weight excluding hydrogens is 366 g/mol. The number of nitrogens with one attached hydrogen (secondary N) is 1. The van der Waals surface area contributed by atoms with Crippen molar-refractivity contribution in [3.63, 3.8) is 0 Å². The number of carbonyl (C=O) groups is 3. The van der Waals surface area contributed by atoms with Crippen molar-refractivity contribution in [1.82, 2.24) is 9.80 Å². The van der Waals surface area contributed by atoms with Crippen molar-refractivity contribution in [2.75, 3.05) is 46.2 Å². The molecule has 1 aromatic rings. The van der Waals surface area contributed by atoms with E-state index < -0.39 is 0 Å². The van der Waals surface area contributed by atoms with E-state index in [0.717, 1.165) is 29.7 Å². The molecule has 1 unspecified atom stereocenters. The summed E-state index contributed by atoms with van der Waals surface area (Å²) in [6.45, 7) is 4.49. The first-order chi connectivity index (χ1) is 12.7. The van der Waals surface area contributed by atoms with Gasteiger partial charge in [0.05, 0.1) is 25.3 Å². The molecule has 1 atom stereocenters. The Balaban J connectivity index is 2.14. The van der Waals surface area contributed by atoms with E-state index in [9.17, 15) is 14.4 Å². The minimum Gasteiger partial charge on any atom is -0.462 e. The van der Waals surface area contributed by atoms with Gasteiger partial charge in [0.1, 0.15) is 5.00 Å². The quantitative estimate of drug-likeness (QED) is 0.715. The molecule has 0 aliphatic heterocycles. The lowest BCUT2D eigenvalue weighted by Gasteiger charge is -2.19. The van der Waals surface area contributed by atoms with Gasteiger partial charge in [-0.25, -0.2) is 4.79 Å². The number of rotatable bonds is 7. The van der Waals surface area contributed by atoms with Crippen molar-refractivity contribution in [2.24, 2.45) is 5.92 Å².